The number of nitrogens with one attached hydrogen (secondary N) is 1. The predicted octanol–water partition coefficient (Wildman–Crippen LogP) is 1.72. The number of aromatic nitrogens is 2. The number of benzene rings is 1. The van der Waals surface area contributed by atoms with Crippen LogP contribution >= 0.6 is 0 Å². The topological polar surface area (TPSA) is 87.7 Å². The van der Waals surface area contributed by atoms with Crippen molar-refractivity contribution in [3.63, 3.8) is 0 Å². The highest BCUT2D eigenvalue weighted by Gasteiger charge is 2.16. The molecule has 0 atom stereocenters. The summed E-state index contributed by atoms with van der Waals surface area (Å²) >= 11 is 0. The van der Waals surface area contributed by atoms with Crippen LogP contribution in [-0.2, 0) is 9.53 Å². The van der Waals surface area contributed by atoms with Gasteiger partial charge in [0.2, 0.25) is 0 Å². The lowest BCUT2D eigenvalue weighted by Gasteiger charge is -2.35. The number of piperazine rings is 1. The van der Waals surface area contributed by atoms with E-state index in [0.29, 0.717) is 11.4 Å². The van der Waals surface area contributed by atoms with Gasteiger partial charge in [-0.1, -0.05) is 6.92 Å². The molecule has 28 heavy (non-hydrogen) atoms. The zero-order chi connectivity index (χ0) is 19.9. The van der Waals surface area contributed by atoms with Gasteiger partial charge in [0.15, 0.2) is 12.3 Å². The number of carbonyl (C=O) groups is 2. The fourth-order valence-electron chi connectivity index (χ4n) is 2.98. The van der Waals surface area contributed by atoms with Gasteiger partial charge in [0.05, 0.1) is 11.9 Å². The van der Waals surface area contributed by atoms with Crippen molar-refractivity contribution in [3.8, 4) is 0 Å². The van der Waals surface area contributed by atoms with E-state index in [4.69, 9.17) is 4.74 Å². The highest BCUT2D eigenvalue weighted by Crippen LogP contribution is 2.19. The highest BCUT2D eigenvalue weighted by atomic mass is 16.5. The zero-order valence-electron chi connectivity index (χ0n) is 16.2. The van der Waals surface area contributed by atoms with Crippen LogP contribution in [0.3, 0.4) is 0 Å². The smallest absolute Gasteiger partial charge is 0.359 e. The number of esters is 1. The van der Waals surface area contributed by atoms with Crippen molar-refractivity contribution in [3.05, 3.63) is 48.0 Å². The molecular weight excluding hydrogens is 358 g/mol. The molecule has 0 aliphatic carbocycles. The molecule has 1 aliphatic heterocycles. The van der Waals surface area contributed by atoms with E-state index in [2.05, 4.69) is 32.0 Å². The summed E-state index contributed by atoms with van der Waals surface area (Å²) in [5, 5.41) is 2.73. The minimum atomic E-state index is -0.677. The molecule has 8 heteroatoms. The largest absolute Gasteiger partial charge is 0.451 e. The van der Waals surface area contributed by atoms with Crippen molar-refractivity contribution < 1.29 is 14.3 Å². The Morgan fingerprint density at radius 2 is 1.79 bits per heavy atom. The lowest BCUT2D eigenvalue weighted by molar-refractivity contribution is -0.119. The van der Waals surface area contributed by atoms with Crippen LogP contribution in [0.1, 0.15) is 23.1 Å². The van der Waals surface area contributed by atoms with Gasteiger partial charge in [-0.15, -0.1) is 0 Å². The Hall–Kier alpha value is -3.00. The third kappa shape index (κ3) is 5.26. The first-order valence-corrected chi connectivity index (χ1v) is 9.38. The van der Waals surface area contributed by atoms with Gasteiger partial charge in [-0.05, 0) is 37.7 Å². The lowest BCUT2D eigenvalue weighted by Crippen LogP contribution is -2.46. The van der Waals surface area contributed by atoms with Crippen LogP contribution in [0.15, 0.2) is 36.7 Å². The van der Waals surface area contributed by atoms with E-state index >= 15 is 0 Å². The molecule has 1 aromatic heterocycles. The number of carbonyl (C=O) groups excluding carboxylic acids is 2. The molecule has 0 saturated carbocycles. The molecule has 1 fully saturated rings. The molecule has 0 radical (unpaired) electrons. The Kier molecular flexibility index (Phi) is 6.54. The number of rotatable bonds is 6. The Morgan fingerprint density at radius 3 is 2.39 bits per heavy atom. The van der Waals surface area contributed by atoms with E-state index in [1.54, 1.807) is 6.92 Å². The van der Waals surface area contributed by atoms with E-state index in [9.17, 15) is 9.59 Å². The molecule has 148 valence electrons. The van der Waals surface area contributed by atoms with Gasteiger partial charge in [-0.25, -0.2) is 9.78 Å². The quantitative estimate of drug-likeness (QED) is 0.760. The molecule has 1 aliphatic rings. The van der Waals surface area contributed by atoms with Crippen molar-refractivity contribution in [2.24, 2.45) is 0 Å². The third-order valence-electron chi connectivity index (χ3n) is 4.66. The molecule has 0 bridgehead atoms. The van der Waals surface area contributed by atoms with E-state index in [1.807, 2.05) is 24.3 Å². The predicted molar refractivity (Wildman–Crippen MR) is 106 cm³/mol. The maximum Gasteiger partial charge on any atom is 0.359 e. The van der Waals surface area contributed by atoms with Crippen molar-refractivity contribution >= 4 is 23.3 Å². The zero-order valence-corrected chi connectivity index (χ0v) is 16.2. The van der Waals surface area contributed by atoms with Gasteiger partial charge in [-0.2, -0.15) is 0 Å². The average Bonchev–Trinajstić information content (AvgIpc) is 2.73. The fraction of sp³-hybridized carbons (Fsp3) is 0.400. The first-order chi connectivity index (χ1) is 13.5. The number of hydrogen-bond acceptors (Lipinski definition) is 7. The summed E-state index contributed by atoms with van der Waals surface area (Å²) in [6, 6.07) is 7.69. The molecule has 1 amide bonds. The molecule has 0 unspecified atom stereocenters. The van der Waals surface area contributed by atoms with Crippen molar-refractivity contribution in [1.29, 1.82) is 0 Å². The maximum absolute atomic E-state index is 12.0. The first kappa shape index (κ1) is 19.8. The molecule has 1 aromatic carbocycles. The van der Waals surface area contributed by atoms with E-state index in [1.165, 1.54) is 12.4 Å². The number of hydrogen-bond donors (Lipinski definition) is 1. The Balaban J connectivity index is 1.46. The van der Waals surface area contributed by atoms with Crippen LogP contribution < -0.4 is 10.2 Å². The summed E-state index contributed by atoms with van der Waals surface area (Å²) in [5.41, 5.74) is 2.57. The van der Waals surface area contributed by atoms with Gasteiger partial charge in [-0.3, -0.25) is 9.78 Å². The monoisotopic (exact) mass is 383 g/mol. The van der Waals surface area contributed by atoms with Crippen LogP contribution in [0, 0.1) is 6.92 Å². The second-order valence-corrected chi connectivity index (χ2v) is 6.64. The molecule has 8 nitrogen and oxygen atoms in total. The number of anilines is 2. The number of aryl methyl sites for hydroxylation is 1. The van der Waals surface area contributed by atoms with E-state index in [0.717, 1.165) is 38.4 Å². The third-order valence-corrected chi connectivity index (χ3v) is 4.66. The van der Waals surface area contributed by atoms with Gasteiger partial charge < -0.3 is 19.9 Å². The Labute approximate surface area is 164 Å². The van der Waals surface area contributed by atoms with Gasteiger partial charge in [0.1, 0.15) is 0 Å². The molecule has 2 aromatic rings. The summed E-state index contributed by atoms with van der Waals surface area (Å²) in [6.45, 7) is 8.77. The van der Waals surface area contributed by atoms with Crippen LogP contribution in [0.4, 0.5) is 11.4 Å². The van der Waals surface area contributed by atoms with Crippen LogP contribution in [0.25, 0.3) is 0 Å². The van der Waals surface area contributed by atoms with Gasteiger partial charge >= 0.3 is 5.97 Å². The molecule has 3 rings (SSSR count). The number of amides is 1. The average molecular weight is 383 g/mol. The van der Waals surface area contributed by atoms with Gasteiger partial charge in [0.25, 0.3) is 5.91 Å². The summed E-state index contributed by atoms with van der Waals surface area (Å²) in [7, 11) is 0. The minimum Gasteiger partial charge on any atom is -0.451 e. The standard InChI is InChI=1S/C20H25N5O3/c1-3-24-8-10-25(11-9-24)17-6-4-16(5-7-17)23-19(26)14-28-20(27)18-13-21-15(2)12-22-18/h4-7,12-13H,3,8-11,14H2,1-2H3,(H,23,26). The molecule has 1 saturated heterocycles. The van der Waals surface area contributed by atoms with Crippen LogP contribution in [-0.4, -0.2) is 66.1 Å². The van der Waals surface area contributed by atoms with Crippen molar-refractivity contribution in [2.75, 3.05) is 49.5 Å². The second kappa shape index (κ2) is 9.27. The minimum absolute atomic E-state index is 0.0749. The normalized spacial score (nSPS) is 14.6. The molecule has 0 spiro atoms. The summed E-state index contributed by atoms with van der Waals surface area (Å²) in [4.78, 5) is 36.6. The number of nitrogens with zero attached hydrogens (tertiary/aromatic N) is 4. The van der Waals surface area contributed by atoms with E-state index < -0.39 is 11.9 Å². The van der Waals surface area contributed by atoms with Crippen molar-refractivity contribution in [2.45, 2.75) is 13.8 Å². The fourth-order valence-corrected chi connectivity index (χ4v) is 2.98. The van der Waals surface area contributed by atoms with Crippen molar-refractivity contribution in [1.82, 2.24) is 14.9 Å². The highest BCUT2D eigenvalue weighted by molar-refractivity contribution is 5.94. The first-order valence-electron chi connectivity index (χ1n) is 9.38. The second-order valence-electron chi connectivity index (χ2n) is 6.64. The number of likely N-dealkylation sites (N-methyl/N-ethyl adjacent to an activating group) is 1. The molecule has 1 N–H and O–H groups in total. The van der Waals surface area contributed by atoms with Crippen LogP contribution in [0.5, 0.6) is 0 Å². The number of ether oxygens (including phenoxy) is 1. The van der Waals surface area contributed by atoms with Gasteiger partial charge in [0, 0.05) is 43.8 Å². The lowest BCUT2D eigenvalue weighted by atomic mass is 10.2. The van der Waals surface area contributed by atoms with E-state index in [-0.39, 0.29) is 12.3 Å². The Bertz CT molecular complexity index is 800. The Morgan fingerprint density at radius 1 is 1.07 bits per heavy atom. The molecule has 2 heterocycles. The summed E-state index contributed by atoms with van der Waals surface area (Å²) in [5.74, 6) is -1.08. The molecular formula is C20H25N5O3. The maximum atomic E-state index is 12.0. The summed E-state index contributed by atoms with van der Waals surface area (Å²) < 4.78 is 4.98. The van der Waals surface area contributed by atoms with Crippen LogP contribution in [0.2, 0.25) is 0 Å². The SMILES string of the molecule is CCN1CCN(c2ccc(NC(=O)COC(=O)c3cnc(C)cn3)cc2)CC1. The summed E-state index contributed by atoms with van der Waals surface area (Å²) in [6.07, 6.45) is 2.80.